The van der Waals surface area contributed by atoms with Crippen molar-refractivity contribution in [1.82, 2.24) is 0 Å². The quantitative estimate of drug-likeness (QED) is 0.172. The van der Waals surface area contributed by atoms with Crippen molar-refractivity contribution in [3.8, 4) is 0 Å². The van der Waals surface area contributed by atoms with Crippen molar-refractivity contribution in [3.63, 3.8) is 0 Å². The molecule has 2 aliphatic carbocycles. The van der Waals surface area contributed by atoms with Crippen LogP contribution in [0.1, 0.15) is 105 Å². The summed E-state index contributed by atoms with van der Waals surface area (Å²) in [5, 5.41) is 0. The molecule has 3 aromatic carbocycles. The van der Waals surface area contributed by atoms with Gasteiger partial charge in [0.05, 0.1) is 11.7 Å². The maximum atomic E-state index is 11.9. The smallest absolute Gasteiger partial charge is 0.338 e. The van der Waals surface area contributed by atoms with Crippen molar-refractivity contribution in [2.45, 2.75) is 103 Å². The fraction of sp³-hybridized carbons (Fsp3) is 0.537. The molecule has 5 rings (SSSR count). The molecular weight excluding hydrogens is 596 g/mol. The highest BCUT2D eigenvalue weighted by molar-refractivity contribution is 5.89. The average molecular weight is 665 g/mol. The second-order valence-corrected chi connectivity index (χ2v) is 11.5. The summed E-state index contributed by atoms with van der Waals surface area (Å²) >= 11 is 0. The topological polar surface area (TPSA) is 140 Å². The third kappa shape index (κ3) is 17.9. The molecule has 0 bridgehead atoms. The highest BCUT2D eigenvalue weighted by Crippen LogP contribution is 2.37. The Morgan fingerprint density at radius 1 is 0.604 bits per heavy atom. The zero-order valence-electron chi connectivity index (χ0n) is 30.9. The zero-order chi connectivity index (χ0) is 36.0. The Balaban J connectivity index is 0.000000772. The highest BCUT2D eigenvalue weighted by Gasteiger charge is 2.25. The minimum absolute atomic E-state index is 0.0504. The van der Waals surface area contributed by atoms with Gasteiger partial charge in [-0.2, -0.15) is 0 Å². The van der Waals surface area contributed by atoms with Gasteiger partial charge in [0, 0.05) is 6.61 Å². The summed E-state index contributed by atoms with van der Waals surface area (Å²) in [6.45, 7) is 5.03. The third-order valence-corrected chi connectivity index (χ3v) is 8.51. The number of aryl methyl sites for hydroxylation is 1. The Morgan fingerprint density at radius 2 is 1.10 bits per heavy atom. The van der Waals surface area contributed by atoms with Crippen molar-refractivity contribution in [1.29, 1.82) is 0 Å². The molecule has 270 valence electrons. The number of hydrogen-bond acceptors (Lipinski definition) is 7. The molecule has 0 heterocycles. The van der Waals surface area contributed by atoms with Gasteiger partial charge in [0.15, 0.2) is 0 Å². The Kier molecular flexibility index (Phi) is 28.1. The van der Waals surface area contributed by atoms with Gasteiger partial charge in [0.25, 0.3) is 0 Å². The first-order valence-electron chi connectivity index (χ1n) is 18.0. The standard InChI is InChI=1S/C22H28.C15H20O3.4CH5N/c1-2-6-18-9-13-21(14-10-18)22-15-11-20(12-16-22)17-19-7-4-3-5-8-19;1-2-17-13-8-10-14(11-9-13)18-15(16)12-6-4-3-5-7-12;4*1-2/h3-5,7-10,13-14,20,22H,2,6,11-12,15-17H2,1H3;3-7,13-14H,2,8-11H2,1H3;4*2H2,1H3. The molecule has 0 amide bonds. The maximum absolute atomic E-state index is 11.9. The largest absolute Gasteiger partial charge is 0.459 e. The molecule has 0 spiro atoms. The minimum atomic E-state index is -0.213. The van der Waals surface area contributed by atoms with Gasteiger partial charge in [-0.1, -0.05) is 86.1 Å². The summed E-state index contributed by atoms with van der Waals surface area (Å²) in [6.07, 6.45) is 13.4. The first-order chi connectivity index (χ1) is 23.6. The number of benzene rings is 3. The third-order valence-electron chi connectivity index (χ3n) is 8.51. The first kappa shape index (κ1) is 44.9. The molecule has 7 nitrogen and oxygen atoms in total. The predicted molar refractivity (Wildman–Crippen MR) is 205 cm³/mol. The van der Waals surface area contributed by atoms with Crippen LogP contribution in [0.3, 0.4) is 0 Å². The molecule has 48 heavy (non-hydrogen) atoms. The summed E-state index contributed by atoms with van der Waals surface area (Å²) < 4.78 is 11.1. The number of nitrogens with two attached hydrogens (primary N) is 4. The number of carbonyl (C=O) groups excluding carboxylic acids is 1. The number of carbonyl (C=O) groups is 1. The average Bonchev–Trinajstić information content (AvgIpc) is 3.18. The summed E-state index contributed by atoms with van der Waals surface area (Å²) in [5.41, 5.74) is 23.2. The van der Waals surface area contributed by atoms with E-state index in [2.05, 4.69) is 84.5 Å². The predicted octanol–water partition coefficient (Wildman–Crippen LogP) is 7.65. The van der Waals surface area contributed by atoms with E-state index in [0.717, 1.165) is 44.1 Å². The van der Waals surface area contributed by atoms with E-state index in [4.69, 9.17) is 9.47 Å². The van der Waals surface area contributed by atoms with Gasteiger partial charge in [-0.25, -0.2) is 4.79 Å². The molecule has 0 atom stereocenters. The molecule has 0 aliphatic heterocycles. The summed E-state index contributed by atoms with van der Waals surface area (Å²) in [7, 11) is 6.00. The second kappa shape index (κ2) is 30.0. The Hall–Kier alpha value is -3.07. The van der Waals surface area contributed by atoms with Gasteiger partial charge < -0.3 is 32.4 Å². The van der Waals surface area contributed by atoms with Gasteiger partial charge in [-0.05, 0) is 140 Å². The number of rotatable bonds is 9. The van der Waals surface area contributed by atoms with Crippen LogP contribution in [0, 0.1) is 5.92 Å². The molecule has 0 radical (unpaired) electrons. The molecule has 0 unspecified atom stereocenters. The van der Waals surface area contributed by atoms with Crippen LogP contribution in [-0.2, 0) is 22.3 Å². The van der Waals surface area contributed by atoms with Crippen LogP contribution < -0.4 is 22.9 Å². The van der Waals surface area contributed by atoms with Crippen LogP contribution in [0.5, 0.6) is 0 Å². The van der Waals surface area contributed by atoms with Crippen LogP contribution >= 0.6 is 0 Å². The van der Waals surface area contributed by atoms with Crippen LogP contribution in [0.25, 0.3) is 0 Å². The molecule has 3 aromatic rings. The molecule has 0 aromatic heterocycles. The van der Waals surface area contributed by atoms with Crippen LogP contribution in [0.4, 0.5) is 0 Å². The van der Waals surface area contributed by atoms with Gasteiger partial charge in [-0.3, -0.25) is 0 Å². The van der Waals surface area contributed by atoms with E-state index in [1.807, 2.05) is 25.1 Å². The molecule has 7 heteroatoms. The van der Waals surface area contributed by atoms with E-state index in [9.17, 15) is 4.79 Å². The highest BCUT2D eigenvalue weighted by atomic mass is 16.5. The van der Waals surface area contributed by atoms with Crippen LogP contribution in [-0.4, -0.2) is 53.0 Å². The van der Waals surface area contributed by atoms with E-state index in [-0.39, 0.29) is 12.1 Å². The molecular formula is C41H68N4O3. The van der Waals surface area contributed by atoms with Crippen molar-refractivity contribution in [2.75, 3.05) is 34.8 Å². The zero-order valence-corrected chi connectivity index (χ0v) is 30.9. The monoisotopic (exact) mass is 665 g/mol. The summed E-state index contributed by atoms with van der Waals surface area (Å²) in [4.78, 5) is 11.9. The summed E-state index contributed by atoms with van der Waals surface area (Å²) in [5.74, 6) is 1.47. The van der Waals surface area contributed by atoms with Crippen molar-refractivity contribution < 1.29 is 14.3 Å². The van der Waals surface area contributed by atoms with E-state index in [1.54, 1.807) is 17.7 Å². The fourth-order valence-electron chi connectivity index (χ4n) is 6.24. The fourth-order valence-corrected chi connectivity index (χ4v) is 6.24. The Morgan fingerprint density at radius 3 is 1.60 bits per heavy atom. The molecule has 2 saturated carbocycles. The normalized spacial score (nSPS) is 19.3. The molecule has 2 fully saturated rings. The van der Waals surface area contributed by atoms with Gasteiger partial charge >= 0.3 is 5.97 Å². The van der Waals surface area contributed by atoms with E-state index < -0.39 is 0 Å². The van der Waals surface area contributed by atoms with Gasteiger partial charge in [0.1, 0.15) is 6.10 Å². The van der Waals surface area contributed by atoms with E-state index in [1.165, 1.54) is 84.3 Å². The van der Waals surface area contributed by atoms with Crippen molar-refractivity contribution >= 4 is 5.97 Å². The van der Waals surface area contributed by atoms with Crippen LogP contribution in [0.15, 0.2) is 84.9 Å². The summed E-state index contributed by atoms with van der Waals surface area (Å²) in [6, 6.07) is 29.6. The van der Waals surface area contributed by atoms with Crippen molar-refractivity contribution in [2.24, 2.45) is 28.9 Å². The number of ether oxygens (including phenoxy) is 2. The SMILES string of the molecule is CCCc1ccc(C2CCC(Cc3ccccc3)CC2)cc1.CCOC1CCC(OC(=O)c2ccccc2)CC1.CN.CN.CN.CN. The van der Waals surface area contributed by atoms with Gasteiger partial charge in [0.2, 0.25) is 0 Å². The van der Waals surface area contributed by atoms with Gasteiger partial charge in [-0.15, -0.1) is 0 Å². The van der Waals surface area contributed by atoms with Crippen LogP contribution in [0.2, 0.25) is 0 Å². The first-order valence-corrected chi connectivity index (χ1v) is 18.0. The second-order valence-electron chi connectivity index (χ2n) is 11.5. The van der Waals surface area contributed by atoms with E-state index in [0.29, 0.717) is 11.7 Å². The molecule has 2 aliphatic rings. The maximum Gasteiger partial charge on any atom is 0.338 e. The van der Waals surface area contributed by atoms with Crippen molar-refractivity contribution in [3.05, 3.63) is 107 Å². The Labute approximate surface area is 293 Å². The lowest BCUT2D eigenvalue weighted by molar-refractivity contribution is -0.0163. The number of hydrogen-bond donors (Lipinski definition) is 4. The lowest BCUT2D eigenvalue weighted by Crippen LogP contribution is -2.28. The lowest BCUT2D eigenvalue weighted by Gasteiger charge is -2.29. The Bertz CT molecular complexity index is 1110. The van der Waals surface area contributed by atoms with E-state index >= 15 is 0 Å². The molecule has 0 saturated heterocycles. The minimum Gasteiger partial charge on any atom is -0.459 e. The molecule has 8 N–H and O–H groups in total. The lowest BCUT2D eigenvalue weighted by atomic mass is 9.76. The number of esters is 1.